The molecule has 0 aromatic rings. The van der Waals surface area contributed by atoms with Crippen LogP contribution < -0.4 is 0 Å². The molecule has 4 rings (SSSR count). The largest absolute Gasteiger partial charge is 0.474 e. The zero-order chi connectivity index (χ0) is 57.6. The van der Waals surface area contributed by atoms with Crippen molar-refractivity contribution in [3.05, 3.63) is 0 Å². The highest BCUT2D eigenvalue weighted by Crippen LogP contribution is 2.50. The van der Waals surface area contributed by atoms with Crippen LogP contribution in [0.1, 0.15) is 116 Å². The number of thioether (sulfide) groups is 2. The third kappa shape index (κ3) is 23.9. The van der Waals surface area contributed by atoms with Gasteiger partial charge in [0, 0.05) is 78.8 Å². The Labute approximate surface area is 456 Å². The number of aliphatic hydroxyl groups excluding tert-OH is 5. The molecular weight excluding hydrogens is 1040 g/mol. The molecule has 428 valence electrons. The van der Waals surface area contributed by atoms with E-state index in [1.807, 2.05) is 13.8 Å². The first-order valence-corrected chi connectivity index (χ1v) is 28.8. The van der Waals surface area contributed by atoms with Crippen LogP contribution in [0, 0.1) is 34.5 Å². The van der Waals surface area contributed by atoms with Gasteiger partial charge in [0.1, 0.15) is 29.6 Å². The van der Waals surface area contributed by atoms with E-state index in [0.717, 1.165) is 49.2 Å². The summed E-state index contributed by atoms with van der Waals surface area (Å²) in [6.07, 6.45) is -1.33. The molecule has 4 aliphatic heterocycles. The first kappa shape index (κ1) is 71.4. The minimum atomic E-state index is -4.08. The molecule has 21 nitrogen and oxygen atoms in total. The van der Waals surface area contributed by atoms with Crippen molar-refractivity contribution in [3.63, 3.8) is 0 Å². The molecule has 4 fully saturated rings. The second-order valence-corrected chi connectivity index (χ2v) is 24.0. The Morgan fingerprint density at radius 1 is 0.520 bits per heavy atom. The molecule has 5 N–H and O–H groups in total. The molecule has 16 atom stereocenters. The van der Waals surface area contributed by atoms with Gasteiger partial charge in [-0.1, -0.05) is 92.8 Å². The smallest absolute Gasteiger partial charge is 0.460 e. The predicted molar refractivity (Wildman–Crippen MR) is 282 cm³/mol. The number of aliphatic hydroxyl groups is 5. The summed E-state index contributed by atoms with van der Waals surface area (Å²) in [6, 6.07) is -2.25. The lowest BCUT2D eigenvalue weighted by Gasteiger charge is -2.22. The maximum Gasteiger partial charge on any atom is 0.474 e. The van der Waals surface area contributed by atoms with Crippen LogP contribution in [0.3, 0.4) is 0 Å². The van der Waals surface area contributed by atoms with Crippen LogP contribution in [0.2, 0.25) is 0 Å². The molecule has 0 amide bonds. The highest BCUT2D eigenvalue weighted by atomic mass is 32.2. The molecule has 0 aromatic carbocycles. The minimum absolute atomic E-state index is 0.0336. The second-order valence-electron chi connectivity index (χ2n) is 20.2. The quantitative estimate of drug-likeness (QED) is 0.0362. The summed E-state index contributed by atoms with van der Waals surface area (Å²) in [4.78, 5) is 57.0. The summed E-state index contributed by atoms with van der Waals surface area (Å²) in [5.41, 5.74) is -1.03. The summed E-state index contributed by atoms with van der Waals surface area (Å²) >= 11 is 2.11. The van der Waals surface area contributed by atoms with Crippen molar-refractivity contribution >= 4 is 83.0 Å². The monoisotopic (exact) mass is 1120 g/mol. The summed E-state index contributed by atoms with van der Waals surface area (Å²) in [6.45, 7) is 21.7. The molecule has 1 unspecified atom stereocenters. The van der Waals surface area contributed by atoms with Gasteiger partial charge in [-0.15, -0.1) is 0 Å². The van der Waals surface area contributed by atoms with Crippen LogP contribution in [-0.2, 0) is 75.3 Å². The highest BCUT2D eigenvalue weighted by Gasteiger charge is 2.47. The average Bonchev–Trinajstić information content (AvgIpc) is 4.01. The Hall–Kier alpha value is -1.61. The molecule has 4 heterocycles. The topological polar surface area (TPSA) is 296 Å². The zero-order valence-electron chi connectivity index (χ0n) is 46.0. The van der Waals surface area contributed by atoms with Gasteiger partial charge < -0.3 is 58.7 Å². The van der Waals surface area contributed by atoms with Crippen LogP contribution in [0.5, 0.6) is 0 Å². The normalized spacial score (nSPS) is 31.4. The third-order valence-electron chi connectivity index (χ3n) is 12.2. The van der Waals surface area contributed by atoms with Gasteiger partial charge in [0.2, 0.25) is 6.29 Å². The fraction of sp³-hybridized carbons (Fsp3) is 0.896. The number of phosphoric ester groups is 1. The van der Waals surface area contributed by atoms with Crippen LogP contribution in [0.25, 0.3) is 0 Å². The van der Waals surface area contributed by atoms with Gasteiger partial charge in [-0.05, 0) is 25.7 Å². The van der Waals surface area contributed by atoms with Gasteiger partial charge in [0.15, 0.2) is 16.3 Å². The van der Waals surface area contributed by atoms with Crippen molar-refractivity contribution in [2.45, 2.75) is 189 Å². The maximum absolute atomic E-state index is 13.1. The van der Waals surface area contributed by atoms with E-state index in [4.69, 9.17) is 80.5 Å². The lowest BCUT2D eigenvalue weighted by atomic mass is 9.85. The third-order valence-corrected chi connectivity index (χ3v) is 16.1. The van der Waals surface area contributed by atoms with Crippen LogP contribution in [0.15, 0.2) is 0 Å². The molecular formula is C48H84B3O21PS2. The van der Waals surface area contributed by atoms with E-state index in [1.54, 1.807) is 41.5 Å². The van der Waals surface area contributed by atoms with Gasteiger partial charge in [-0.3, -0.25) is 37.5 Å². The SMILES string of the molecule is CC[C@@H]1[C@@H](CC)OC(OC(C)=O)[C@@H]1OC(C)=O.[B][C@@H]1O[C@H](CC)[C@@H](CC)[C@H]1OC(C)=O.[B][C@@H]1O[C@H](CO)[C@@H](CO)[C@H]1O.[B][C@@H]1O[C@H](COP(=O)(OCCSC(=O)C(C)(C)C)OCCSC(=O)C(C)(C)C)[C@@H](CO)[C@H]1O. The molecule has 0 aliphatic carbocycles. The molecule has 27 heteroatoms. The number of phosphoric acid groups is 1. The molecule has 4 saturated heterocycles. The van der Waals surface area contributed by atoms with E-state index in [1.165, 1.54) is 20.8 Å². The maximum atomic E-state index is 13.1. The minimum Gasteiger partial charge on any atom is -0.460 e. The fourth-order valence-electron chi connectivity index (χ4n) is 8.09. The molecule has 6 radical (unpaired) electrons. The van der Waals surface area contributed by atoms with Crippen LogP contribution >= 0.6 is 31.3 Å². The Bertz CT molecular complexity index is 1740. The number of carbonyl (C=O) groups is 5. The van der Waals surface area contributed by atoms with E-state index >= 15 is 0 Å². The molecule has 0 aromatic heterocycles. The van der Waals surface area contributed by atoms with Gasteiger partial charge in [0.05, 0.1) is 82.3 Å². The number of rotatable bonds is 21. The summed E-state index contributed by atoms with van der Waals surface area (Å²) < 4.78 is 66.2. The Morgan fingerprint density at radius 3 is 1.28 bits per heavy atom. The second kappa shape index (κ2) is 34.5. The number of carbonyl (C=O) groups excluding carboxylic acids is 5. The van der Waals surface area contributed by atoms with Crippen LogP contribution in [0.4, 0.5) is 0 Å². The molecule has 4 aliphatic rings. The zero-order valence-corrected chi connectivity index (χ0v) is 48.5. The standard InChI is InChI=1S/C20H36BO9PS2.C12H20O5.C10H17BO3.C6H11BO4/c1-19(2,3)17(24)32-9-7-27-31(26,28-8-10-33-18(25)20(4,5)6)29-12-14-13(11-22)15(23)16(21)30-14;1-5-9-10(6-2)17-12(16-8(4)14)11(9)15-7(3)13;1-4-7-8(5-2)14-10(11)9(7)13-6(3)12;7-6-5(10)3(1-8)4(2-9)11-6/h13-16,22-23H,7-12H2,1-6H3;9-12H,5-6H2,1-4H3;7-10H,4-5H2,1-3H3;3-6,8-10H,1-2H2/t13-,14-,15-,16-;9-,10-,11-,12?;7-,8-,9-,10-;3-,4-,5-,6-/m1111/s1. The lowest BCUT2D eigenvalue weighted by molar-refractivity contribution is -0.194. The van der Waals surface area contributed by atoms with E-state index in [2.05, 4.69) is 13.8 Å². The first-order chi connectivity index (χ1) is 34.9. The van der Waals surface area contributed by atoms with Crippen molar-refractivity contribution in [1.29, 1.82) is 0 Å². The van der Waals surface area contributed by atoms with E-state index < -0.39 is 97.9 Å². The van der Waals surface area contributed by atoms with Crippen molar-refractivity contribution in [1.82, 2.24) is 0 Å². The van der Waals surface area contributed by atoms with E-state index in [9.17, 15) is 43.9 Å². The lowest BCUT2D eigenvalue weighted by Crippen LogP contribution is -2.34. The molecule has 75 heavy (non-hydrogen) atoms. The summed E-state index contributed by atoms with van der Waals surface area (Å²) in [5, 5.41) is 46.1. The van der Waals surface area contributed by atoms with Crippen molar-refractivity contribution in [2.24, 2.45) is 34.5 Å². The number of esters is 3. The molecule has 0 saturated carbocycles. The highest BCUT2D eigenvalue weighted by molar-refractivity contribution is 8.14. The first-order valence-electron chi connectivity index (χ1n) is 25.4. The average molecular weight is 1120 g/mol. The van der Waals surface area contributed by atoms with Crippen molar-refractivity contribution in [2.75, 3.05) is 51.1 Å². The van der Waals surface area contributed by atoms with E-state index in [-0.39, 0.29) is 96.9 Å². The fourth-order valence-corrected chi connectivity index (χ4v) is 11.1. The Kier molecular flexibility index (Phi) is 32.9. The predicted octanol–water partition coefficient (Wildman–Crippen LogP) is 3.35. The number of hydrogen-bond donors (Lipinski definition) is 5. The van der Waals surface area contributed by atoms with Crippen molar-refractivity contribution < 1.29 is 101 Å². The number of ether oxygens (including phenoxy) is 7. The van der Waals surface area contributed by atoms with E-state index in [0.29, 0.717) is 0 Å². The summed E-state index contributed by atoms with van der Waals surface area (Å²) in [5.74, 6) is -1.48. The Balaban J connectivity index is 0.000000555. The van der Waals surface area contributed by atoms with Gasteiger partial charge in [0.25, 0.3) is 0 Å². The summed E-state index contributed by atoms with van der Waals surface area (Å²) in [7, 11) is 12.6. The molecule has 0 bridgehead atoms. The number of hydrogen-bond acceptors (Lipinski definition) is 23. The van der Waals surface area contributed by atoms with Crippen molar-refractivity contribution in [3.8, 4) is 0 Å². The van der Waals surface area contributed by atoms with Gasteiger partial charge in [-0.2, -0.15) is 0 Å². The van der Waals surface area contributed by atoms with Gasteiger partial charge >= 0.3 is 25.7 Å². The Morgan fingerprint density at radius 2 is 0.907 bits per heavy atom. The van der Waals surface area contributed by atoms with Crippen LogP contribution in [-0.4, -0.2) is 201 Å². The molecule has 0 spiro atoms. The van der Waals surface area contributed by atoms with Gasteiger partial charge in [-0.25, -0.2) is 4.57 Å².